The molecule has 0 radical (unpaired) electrons. The molecule has 0 aliphatic carbocycles. The van der Waals surface area contributed by atoms with Crippen molar-refractivity contribution in [2.24, 2.45) is 5.10 Å². The molecule has 0 atom stereocenters. The van der Waals surface area contributed by atoms with Crippen LogP contribution in [0.1, 0.15) is 22.8 Å². The molecule has 0 aliphatic heterocycles. The minimum Gasteiger partial charge on any atom is -0.497 e. The Balaban J connectivity index is 1.67. The van der Waals surface area contributed by atoms with Gasteiger partial charge in [-0.1, -0.05) is 29.8 Å². The van der Waals surface area contributed by atoms with Gasteiger partial charge in [0.05, 0.1) is 34.2 Å². The molecule has 3 aromatic rings. The maximum Gasteiger partial charge on any atom is 0.271 e. The zero-order valence-electron chi connectivity index (χ0n) is 19.0. The Kier molecular flexibility index (Phi) is 9.74. The van der Waals surface area contributed by atoms with Crippen molar-refractivity contribution in [3.63, 3.8) is 0 Å². The van der Waals surface area contributed by atoms with Gasteiger partial charge in [0.1, 0.15) is 5.75 Å². The van der Waals surface area contributed by atoms with Crippen molar-refractivity contribution < 1.29 is 23.8 Å². The fraction of sp³-hybridized carbons (Fsp3) is 0.160. The number of hydrogen-bond acceptors (Lipinski definition) is 6. The van der Waals surface area contributed by atoms with Gasteiger partial charge in [-0.2, -0.15) is 5.10 Å². The summed E-state index contributed by atoms with van der Waals surface area (Å²) in [5.74, 6) is 0.727. The molecule has 0 heterocycles. The summed E-state index contributed by atoms with van der Waals surface area (Å²) in [6.45, 7) is 2.01. The largest absolute Gasteiger partial charge is 0.497 e. The summed E-state index contributed by atoms with van der Waals surface area (Å²) >= 11 is 8.17. The molecule has 0 fully saturated rings. The number of carbonyl (C=O) groups excluding carboxylic acids is 2. The summed E-state index contributed by atoms with van der Waals surface area (Å²) in [4.78, 5) is 24.7. The van der Waals surface area contributed by atoms with Crippen LogP contribution in [-0.2, 0) is 4.79 Å². The molecule has 2 N–H and O–H groups in total. The molecule has 0 aromatic heterocycles. The quantitative estimate of drug-likeness (QED) is 0.189. The van der Waals surface area contributed by atoms with Crippen LogP contribution in [0.5, 0.6) is 17.2 Å². The summed E-state index contributed by atoms with van der Waals surface area (Å²) in [5.41, 5.74) is 4.09. The van der Waals surface area contributed by atoms with Crippen molar-refractivity contribution in [2.75, 3.05) is 25.6 Å². The fourth-order valence-electron chi connectivity index (χ4n) is 2.95. The molecule has 0 saturated carbocycles. The number of nitrogens with one attached hydrogen (secondary N) is 2. The van der Waals surface area contributed by atoms with Gasteiger partial charge in [0.2, 0.25) is 0 Å². The van der Waals surface area contributed by atoms with Crippen molar-refractivity contribution in [1.29, 1.82) is 0 Å². The lowest BCUT2D eigenvalue weighted by Crippen LogP contribution is -2.21. The monoisotopic (exact) mass is 607 g/mol. The Morgan fingerprint density at radius 3 is 2.63 bits per heavy atom. The Labute approximate surface area is 221 Å². The molecule has 10 heteroatoms. The second kappa shape index (κ2) is 13.0. The van der Waals surface area contributed by atoms with E-state index in [1.165, 1.54) is 13.3 Å². The highest BCUT2D eigenvalue weighted by atomic mass is 127. The Morgan fingerprint density at radius 1 is 1.09 bits per heavy atom. The summed E-state index contributed by atoms with van der Waals surface area (Å²) in [6.07, 6.45) is 1.50. The molecule has 3 rings (SSSR count). The van der Waals surface area contributed by atoms with Gasteiger partial charge in [-0.05, 0) is 77.5 Å². The third-order valence-corrected chi connectivity index (χ3v) is 5.67. The van der Waals surface area contributed by atoms with E-state index in [1.807, 2.05) is 6.92 Å². The number of hydrazone groups is 1. The lowest BCUT2D eigenvalue weighted by Gasteiger charge is -2.15. The number of anilines is 1. The van der Waals surface area contributed by atoms with Crippen molar-refractivity contribution in [3.8, 4) is 17.2 Å². The van der Waals surface area contributed by atoms with Crippen LogP contribution in [0, 0.1) is 3.57 Å². The molecule has 0 unspecified atom stereocenters. The summed E-state index contributed by atoms with van der Waals surface area (Å²) < 4.78 is 17.3. The first kappa shape index (κ1) is 26.3. The first-order valence-corrected chi connectivity index (χ1v) is 12.0. The highest BCUT2D eigenvalue weighted by Crippen LogP contribution is 2.34. The highest BCUT2D eigenvalue weighted by molar-refractivity contribution is 14.1. The van der Waals surface area contributed by atoms with Crippen LogP contribution in [0.15, 0.2) is 65.8 Å². The Hall–Kier alpha value is -3.31. The van der Waals surface area contributed by atoms with Crippen LogP contribution in [-0.4, -0.2) is 38.4 Å². The van der Waals surface area contributed by atoms with Crippen molar-refractivity contribution in [1.82, 2.24) is 5.43 Å². The van der Waals surface area contributed by atoms with Gasteiger partial charge < -0.3 is 19.5 Å². The maximum absolute atomic E-state index is 12.3. The van der Waals surface area contributed by atoms with Gasteiger partial charge in [0.25, 0.3) is 11.8 Å². The van der Waals surface area contributed by atoms with E-state index in [0.29, 0.717) is 49.3 Å². The molecule has 2 amide bonds. The van der Waals surface area contributed by atoms with Gasteiger partial charge in [0, 0.05) is 5.56 Å². The maximum atomic E-state index is 12.3. The summed E-state index contributed by atoms with van der Waals surface area (Å²) in [6, 6.07) is 17.2. The number of nitrogens with zero attached hydrogens (tertiary/aromatic N) is 1. The summed E-state index contributed by atoms with van der Waals surface area (Å²) in [7, 11) is 1.53. The van der Waals surface area contributed by atoms with Crippen LogP contribution >= 0.6 is 34.2 Å². The minimum absolute atomic E-state index is 0.231. The van der Waals surface area contributed by atoms with Crippen LogP contribution in [0.4, 0.5) is 5.69 Å². The Bertz CT molecular complexity index is 1240. The number of para-hydroxylation sites is 1. The van der Waals surface area contributed by atoms with E-state index in [4.69, 9.17) is 25.8 Å². The second-order valence-electron chi connectivity index (χ2n) is 7.01. The third kappa shape index (κ3) is 7.59. The predicted molar refractivity (Wildman–Crippen MR) is 144 cm³/mol. The first-order chi connectivity index (χ1) is 16.9. The molecule has 0 aliphatic rings. The zero-order chi connectivity index (χ0) is 25.2. The van der Waals surface area contributed by atoms with Crippen molar-refractivity contribution in [3.05, 3.63) is 80.4 Å². The average molecular weight is 608 g/mol. The van der Waals surface area contributed by atoms with E-state index in [-0.39, 0.29) is 18.4 Å². The molecule has 0 bridgehead atoms. The van der Waals surface area contributed by atoms with Crippen LogP contribution < -0.4 is 25.0 Å². The van der Waals surface area contributed by atoms with Crippen LogP contribution in [0.2, 0.25) is 5.02 Å². The van der Waals surface area contributed by atoms with E-state index in [9.17, 15) is 9.59 Å². The van der Waals surface area contributed by atoms with Crippen LogP contribution in [0.25, 0.3) is 0 Å². The van der Waals surface area contributed by atoms with Crippen molar-refractivity contribution >= 4 is 57.9 Å². The number of benzene rings is 3. The number of amides is 2. The zero-order valence-corrected chi connectivity index (χ0v) is 21.9. The number of ether oxygens (including phenoxy) is 3. The lowest BCUT2D eigenvalue weighted by atomic mass is 10.2. The van der Waals surface area contributed by atoms with Gasteiger partial charge in [-0.25, -0.2) is 5.43 Å². The lowest BCUT2D eigenvalue weighted by molar-refractivity contribution is -0.118. The van der Waals surface area contributed by atoms with E-state index in [2.05, 4.69) is 38.4 Å². The number of halogens is 2. The average Bonchev–Trinajstić information content (AvgIpc) is 2.85. The second-order valence-corrected chi connectivity index (χ2v) is 8.58. The SMILES string of the molecule is CCOc1cc(/C=N/NC(=O)c2cccc(OC)c2)cc(I)c1OCC(=O)Nc1ccccc1Cl. The van der Waals surface area contributed by atoms with Crippen molar-refractivity contribution in [2.45, 2.75) is 6.92 Å². The molecule has 0 spiro atoms. The smallest absolute Gasteiger partial charge is 0.271 e. The molecule has 182 valence electrons. The molecule has 3 aromatic carbocycles. The van der Waals surface area contributed by atoms with Crippen LogP contribution in [0.3, 0.4) is 0 Å². The van der Waals surface area contributed by atoms with E-state index in [0.717, 1.165) is 0 Å². The number of rotatable bonds is 10. The molecule has 8 nitrogen and oxygen atoms in total. The summed E-state index contributed by atoms with van der Waals surface area (Å²) in [5, 5.41) is 7.18. The molecular formula is C25H23ClIN3O5. The number of methoxy groups -OCH3 is 1. The molecular weight excluding hydrogens is 585 g/mol. The Morgan fingerprint density at radius 2 is 1.89 bits per heavy atom. The minimum atomic E-state index is -0.371. The normalized spacial score (nSPS) is 10.6. The third-order valence-electron chi connectivity index (χ3n) is 4.54. The number of hydrogen-bond donors (Lipinski definition) is 2. The van der Waals surface area contributed by atoms with Gasteiger partial charge in [-0.3, -0.25) is 9.59 Å². The topological polar surface area (TPSA) is 98.2 Å². The van der Waals surface area contributed by atoms with Gasteiger partial charge in [0.15, 0.2) is 18.1 Å². The number of carbonyl (C=O) groups is 2. The van der Waals surface area contributed by atoms with Gasteiger partial charge >= 0.3 is 0 Å². The molecule has 0 saturated heterocycles. The van der Waals surface area contributed by atoms with E-state index < -0.39 is 0 Å². The van der Waals surface area contributed by atoms with E-state index >= 15 is 0 Å². The standard InChI is InChI=1S/C25H23ClIN3O5/c1-3-34-22-12-16(14-28-30-25(32)17-7-6-8-18(13-17)33-2)11-20(27)24(22)35-15-23(31)29-21-10-5-4-9-19(21)26/h4-14H,3,15H2,1-2H3,(H,29,31)(H,30,32)/b28-14+. The highest BCUT2D eigenvalue weighted by Gasteiger charge is 2.14. The first-order valence-electron chi connectivity index (χ1n) is 10.5. The predicted octanol–water partition coefficient (Wildman–Crippen LogP) is 5.13. The fourth-order valence-corrected chi connectivity index (χ4v) is 3.91. The van der Waals surface area contributed by atoms with Gasteiger partial charge in [-0.15, -0.1) is 0 Å². The van der Waals surface area contributed by atoms with E-state index in [1.54, 1.807) is 60.7 Å². The molecule has 35 heavy (non-hydrogen) atoms.